The summed E-state index contributed by atoms with van der Waals surface area (Å²) < 4.78 is 5.49. The van der Waals surface area contributed by atoms with Crippen LogP contribution in [0.5, 0.6) is 0 Å². The lowest BCUT2D eigenvalue weighted by atomic mass is 9.87. The van der Waals surface area contributed by atoms with E-state index >= 15 is 0 Å². The second kappa shape index (κ2) is 7.37. The smallest absolute Gasteiger partial charge is 0.251 e. The molecular formula is C22H24N2O4. The van der Waals surface area contributed by atoms with Gasteiger partial charge in [0.1, 0.15) is 0 Å². The first-order valence-corrected chi connectivity index (χ1v) is 9.60. The lowest BCUT2D eigenvalue weighted by Gasteiger charge is -2.51. The van der Waals surface area contributed by atoms with Gasteiger partial charge in [-0.2, -0.15) is 0 Å². The van der Waals surface area contributed by atoms with Crippen LogP contribution in [0.1, 0.15) is 30.1 Å². The first-order valence-electron chi connectivity index (χ1n) is 9.60. The Labute approximate surface area is 163 Å². The van der Waals surface area contributed by atoms with Gasteiger partial charge in [0.25, 0.3) is 5.91 Å². The van der Waals surface area contributed by atoms with E-state index in [9.17, 15) is 14.7 Å². The third-order valence-electron chi connectivity index (χ3n) is 5.85. The van der Waals surface area contributed by atoms with Gasteiger partial charge in [0, 0.05) is 11.5 Å². The van der Waals surface area contributed by atoms with Gasteiger partial charge in [-0.05, 0) is 36.1 Å². The van der Waals surface area contributed by atoms with E-state index in [4.69, 9.17) is 4.74 Å². The number of carbonyl (C=O) groups excluding carboxylic acids is 2. The van der Waals surface area contributed by atoms with Gasteiger partial charge in [-0.3, -0.25) is 9.59 Å². The zero-order chi connectivity index (χ0) is 19.7. The second-order valence-electron chi connectivity index (χ2n) is 7.56. The predicted octanol–water partition coefficient (Wildman–Crippen LogP) is 2.29. The highest BCUT2D eigenvalue weighted by atomic mass is 16.7. The summed E-state index contributed by atoms with van der Waals surface area (Å²) in [6.45, 7) is 1.86. The fourth-order valence-electron chi connectivity index (χ4n) is 4.21. The van der Waals surface area contributed by atoms with E-state index in [2.05, 4.69) is 10.6 Å². The van der Waals surface area contributed by atoms with Crippen LogP contribution in [0.25, 0.3) is 11.1 Å². The van der Waals surface area contributed by atoms with Gasteiger partial charge >= 0.3 is 0 Å². The summed E-state index contributed by atoms with van der Waals surface area (Å²) in [5, 5.41) is 15.3. The number of benzene rings is 2. The van der Waals surface area contributed by atoms with E-state index in [1.807, 2.05) is 49.4 Å². The van der Waals surface area contributed by atoms with Crippen molar-refractivity contribution >= 4 is 11.8 Å². The molecule has 2 aliphatic rings. The number of nitrogens with one attached hydrogen (secondary N) is 2. The number of ether oxygens (including phenoxy) is 1. The Hall–Kier alpha value is -2.70. The molecule has 4 atom stereocenters. The molecule has 0 spiro atoms. The van der Waals surface area contributed by atoms with E-state index in [1.165, 1.54) is 0 Å². The van der Waals surface area contributed by atoms with Crippen molar-refractivity contribution in [3.8, 4) is 11.1 Å². The van der Waals surface area contributed by atoms with Crippen molar-refractivity contribution < 1.29 is 19.4 Å². The molecule has 6 nitrogen and oxygen atoms in total. The van der Waals surface area contributed by atoms with Crippen molar-refractivity contribution in [1.82, 2.24) is 10.6 Å². The molecule has 1 saturated heterocycles. The molecular weight excluding hydrogens is 356 g/mol. The number of amides is 2. The monoisotopic (exact) mass is 380 g/mol. The molecule has 1 heterocycles. The topological polar surface area (TPSA) is 87.7 Å². The van der Waals surface area contributed by atoms with Crippen LogP contribution in [0, 0.1) is 11.8 Å². The predicted molar refractivity (Wildman–Crippen MR) is 104 cm³/mol. The van der Waals surface area contributed by atoms with Crippen LogP contribution >= 0.6 is 0 Å². The lowest BCUT2D eigenvalue weighted by molar-refractivity contribution is -0.346. The van der Waals surface area contributed by atoms with Gasteiger partial charge in [0.2, 0.25) is 5.91 Å². The molecule has 3 N–H and O–H groups in total. The van der Waals surface area contributed by atoms with Gasteiger partial charge in [-0.25, -0.2) is 0 Å². The molecule has 28 heavy (non-hydrogen) atoms. The highest BCUT2D eigenvalue weighted by molar-refractivity contribution is 5.96. The standard InChI is InChI=1S/C22H24N2O4/c1-14-7-12-18-21(27)28-22(14,18)24-19(25)13-23-20(26)17-10-8-16(9-11-17)15-5-3-2-4-6-15/h2-6,8-11,14,18,21,27H,7,12-13H2,1H3,(H,23,26)(H,24,25). The minimum atomic E-state index is -0.817. The SMILES string of the molecule is CC1CCC2C(O)OC12NC(=O)CNC(=O)c1ccc(-c2ccccc2)cc1. The summed E-state index contributed by atoms with van der Waals surface area (Å²) in [6.07, 6.45) is 0.896. The zero-order valence-electron chi connectivity index (χ0n) is 15.7. The van der Waals surface area contributed by atoms with Crippen LogP contribution in [-0.2, 0) is 9.53 Å². The number of hydrogen-bond donors (Lipinski definition) is 3. The fourth-order valence-corrected chi connectivity index (χ4v) is 4.21. The van der Waals surface area contributed by atoms with Crippen molar-refractivity contribution in [2.75, 3.05) is 6.54 Å². The molecule has 1 aliphatic carbocycles. The Bertz CT molecular complexity index is 868. The van der Waals surface area contributed by atoms with Crippen LogP contribution in [0.2, 0.25) is 0 Å². The third-order valence-corrected chi connectivity index (χ3v) is 5.85. The van der Waals surface area contributed by atoms with Gasteiger partial charge in [0.05, 0.1) is 12.5 Å². The number of aliphatic hydroxyl groups excluding tert-OH is 1. The van der Waals surface area contributed by atoms with E-state index in [0.717, 1.165) is 24.0 Å². The molecule has 6 heteroatoms. The summed E-state index contributed by atoms with van der Waals surface area (Å²) in [5.74, 6) is -0.573. The minimum absolute atomic E-state index is 0.0762. The van der Waals surface area contributed by atoms with Crippen LogP contribution in [0.4, 0.5) is 0 Å². The van der Waals surface area contributed by atoms with Crippen molar-refractivity contribution in [2.45, 2.75) is 31.8 Å². The number of aliphatic hydroxyl groups is 1. The van der Waals surface area contributed by atoms with E-state index in [0.29, 0.717) is 5.56 Å². The molecule has 146 valence electrons. The van der Waals surface area contributed by atoms with Crippen LogP contribution in [0.15, 0.2) is 54.6 Å². The lowest BCUT2D eigenvalue weighted by Crippen LogP contribution is -2.69. The molecule has 0 radical (unpaired) electrons. The van der Waals surface area contributed by atoms with E-state index < -0.39 is 12.0 Å². The number of fused-ring (bicyclic) bond motifs is 1. The molecule has 4 rings (SSSR count). The van der Waals surface area contributed by atoms with E-state index in [-0.39, 0.29) is 30.2 Å². The Kier molecular flexibility index (Phi) is 4.91. The first-order chi connectivity index (χ1) is 13.5. The van der Waals surface area contributed by atoms with Crippen molar-refractivity contribution in [3.63, 3.8) is 0 Å². The first kappa shape index (κ1) is 18.7. The maximum Gasteiger partial charge on any atom is 0.251 e. The summed E-state index contributed by atoms with van der Waals surface area (Å²) in [4.78, 5) is 24.7. The number of hydrogen-bond acceptors (Lipinski definition) is 4. The molecule has 2 fully saturated rings. The summed E-state index contributed by atoms with van der Waals surface area (Å²) in [7, 11) is 0. The maximum absolute atomic E-state index is 12.3. The Morgan fingerprint density at radius 3 is 2.43 bits per heavy atom. The van der Waals surface area contributed by atoms with Crippen molar-refractivity contribution in [1.29, 1.82) is 0 Å². The van der Waals surface area contributed by atoms with E-state index in [1.54, 1.807) is 12.1 Å². The average molecular weight is 380 g/mol. The summed E-state index contributed by atoms with van der Waals surface area (Å²) in [6, 6.07) is 17.2. The average Bonchev–Trinajstić information content (AvgIpc) is 2.96. The van der Waals surface area contributed by atoms with Crippen molar-refractivity contribution in [2.24, 2.45) is 11.8 Å². The Balaban J connectivity index is 1.32. The fraction of sp³-hybridized carbons (Fsp3) is 0.364. The Morgan fingerprint density at radius 1 is 1.07 bits per heavy atom. The maximum atomic E-state index is 12.3. The largest absolute Gasteiger partial charge is 0.367 e. The zero-order valence-corrected chi connectivity index (χ0v) is 15.7. The highest BCUT2D eigenvalue weighted by Crippen LogP contribution is 2.51. The van der Waals surface area contributed by atoms with Crippen molar-refractivity contribution in [3.05, 3.63) is 60.2 Å². The number of carbonyl (C=O) groups is 2. The van der Waals surface area contributed by atoms with Crippen LogP contribution < -0.4 is 10.6 Å². The summed E-state index contributed by atoms with van der Waals surface area (Å²) in [5.41, 5.74) is 1.80. The highest BCUT2D eigenvalue weighted by Gasteiger charge is 2.62. The molecule has 1 saturated carbocycles. The molecule has 2 amide bonds. The van der Waals surface area contributed by atoms with Gasteiger partial charge in [-0.1, -0.05) is 49.4 Å². The Morgan fingerprint density at radius 2 is 1.75 bits per heavy atom. The van der Waals surface area contributed by atoms with Gasteiger partial charge in [-0.15, -0.1) is 0 Å². The minimum Gasteiger partial charge on any atom is -0.367 e. The van der Waals surface area contributed by atoms with Crippen LogP contribution in [-0.4, -0.2) is 35.5 Å². The second-order valence-corrected chi connectivity index (χ2v) is 7.56. The molecule has 2 aromatic rings. The summed E-state index contributed by atoms with van der Waals surface area (Å²) >= 11 is 0. The quantitative estimate of drug-likeness (QED) is 0.743. The number of rotatable bonds is 5. The molecule has 0 aromatic heterocycles. The van der Waals surface area contributed by atoms with Gasteiger partial charge < -0.3 is 20.5 Å². The third kappa shape index (κ3) is 3.30. The molecule has 2 aromatic carbocycles. The normalized spacial score (nSPS) is 28.1. The molecule has 0 bridgehead atoms. The molecule has 4 unspecified atom stereocenters. The van der Waals surface area contributed by atoms with Gasteiger partial charge in [0.15, 0.2) is 12.0 Å². The molecule has 1 aliphatic heterocycles. The van der Waals surface area contributed by atoms with Crippen LogP contribution in [0.3, 0.4) is 0 Å².